The predicted molar refractivity (Wildman–Crippen MR) is 130 cm³/mol. The van der Waals surface area contributed by atoms with Crippen molar-refractivity contribution in [3.63, 3.8) is 0 Å². The fourth-order valence-corrected chi connectivity index (χ4v) is 4.89. The van der Waals surface area contributed by atoms with E-state index in [0.717, 1.165) is 9.87 Å². The fourth-order valence-electron chi connectivity index (χ4n) is 3.48. The Morgan fingerprint density at radius 1 is 1.00 bits per heavy atom. The summed E-state index contributed by atoms with van der Waals surface area (Å²) in [7, 11) is -4.04. The third-order valence-electron chi connectivity index (χ3n) is 5.29. The minimum Gasteiger partial charge on any atom is -0.507 e. The molecule has 3 aromatic rings. The maximum absolute atomic E-state index is 13.5. The van der Waals surface area contributed by atoms with Gasteiger partial charge in [0.25, 0.3) is 5.91 Å². The zero-order valence-corrected chi connectivity index (χ0v) is 19.6. The van der Waals surface area contributed by atoms with Gasteiger partial charge in [0.2, 0.25) is 10.0 Å². The number of nitrogens with zero attached hydrogens (tertiary/aromatic N) is 2. The van der Waals surface area contributed by atoms with Gasteiger partial charge in [-0.05, 0) is 36.2 Å². The van der Waals surface area contributed by atoms with E-state index in [1.54, 1.807) is 24.3 Å². The number of ether oxygens (including phenoxy) is 2. The lowest BCUT2D eigenvalue weighted by Gasteiger charge is -2.23. The van der Waals surface area contributed by atoms with Crippen LogP contribution in [0.2, 0.25) is 0 Å². The van der Waals surface area contributed by atoms with Crippen molar-refractivity contribution in [3.8, 4) is 17.2 Å². The highest BCUT2D eigenvalue weighted by molar-refractivity contribution is 7.89. The Morgan fingerprint density at radius 2 is 1.71 bits per heavy atom. The van der Waals surface area contributed by atoms with Crippen molar-refractivity contribution >= 4 is 22.1 Å². The minimum absolute atomic E-state index is 0.000297. The summed E-state index contributed by atoms with van der Waals surface area (Å²) in [6.07, 6.45) is 1.70. The van der Waals surface area contributed by atoms with Gasteiger partial charge in [-0.2, -0.15) is 9.41 Å². The second-order valence-corrected chi connectivity index (χ2v) is 9.67. The molecule has 4 rings (SSSR count). The summed E-state index contributed by atoms with van der Waals surface area (Å²) in [6, 6.07) is 20.3. The van der Waals surface area contributed by atoms with E-state index in [1.165, 1.54) is 24.4 Å². The molecule has 1 aliphatic heterocycles. The maximum atomic E-state index is 13.5. The van der Waals surface area contributed by atoms with Crippen molar-refractivity contribution < 1.29 is 27.8 Å². The molecule has 0 radical (unpaired) electrons. The van der Waals surface area contributed by atoms with Gasteiger partial charge in [-0.15, -0.1) is 0 Å². The molecule has 0 aromatic heterocycles. The fraction of sp³-hybridized carbons (Fsp3) is 0.200. The lowest BCUT2D eigenvalue weighted by atomic mass is 10.1. The van der Waals surface area contributed by atoms with Crippen LogP contribution in [0.25, 0.3) is 0 Å². The second-order valence-electron chi connectivity index (χ2n) is 7.73. The third-order valence-corrected chi connectivity index (χ3v) is 7.13. The first kappa shape index (κ1) is 24.2. The summed E-state index contributed by atoms with van der Waals surface area (Å²) in [5.41, 5.74) is 3.68. The van der Waals surface area contributed by atoms with Crippen LogP contribution in [0.1, 0.15) is 11.1 Å². The molecule has 3 aromatic carbocycles. The highest BCUT2D eigenvalue weighted by Crippen LogP contribution is 2.33. The average molecular weight is 496 g/mol. The first-order valence-corrected chi connectivity index (χ1v) is 12.4. The van der Waals surface area contributed by atoms with Gasteiger partial charge in [-0.1, -0.05) is 42.5 Å². The number of hydrazone groups is 1. The standard InChI is InChI=1S/C25H25N3O6S/c29-22-9-5-4-8-20(22)17-26-27-25(30)18-28(13-12-19-6-2-1-3-7-19)35(31,32)21-10-11-23-24(16-21)34-15-14-33-23/h1-11,16-17,29H,12-15,18H2,(H,27,30)/b26-17+. The quantitative estimate of drug-likeness (QED) is 0.348. The number of rotatable bonds is 9. The number of aromatic hydroxyl groups is 1. The number of amides is 1. The Kier molecular flexibility index (Phi) is 7.64. The largest absolute Gasteiger partial charge is 0.507 e. The number of carbonyl (C=O) groups is 1. The van der Waals surface area contributed by atoms with Crippen LogP contribution in [0.3, 0.4) is 0 Å². The number of hydrogen-bond donors (Lipinski definition) is 2. The van der Waals surface area contributed by atoms with E-state index < -0.39 is 22.5 Å². The molecule has 0 saturated heterocycles. The summed E-state index contributed by atoms with van der Waals surface area (Å²) in [6.45, 7) is 0.356. The second kappa shape index (κ2) is 11.0. The number of para-hydroxylation sites is 1. The number of phenolic OH excluding ortho intramolecular Hbond substituents is 1. The topological polar surface area (TPSA) is 118 Å². The van der Waals surface area contributed by atoms with Crippen LogP contribution in [-0.2, 0) is 21.2 Å². The van der Waals surface area contributed by atoms with Gasteiger partial charge >= 0.3 is 0 Å². The van der Waals surface area contributed by atoms with Crippen molar-refractivity contribution in [3.05, 3.63) is 83.9 Å². The van der Waals surface area contributed by atoms with E-state index in [1.807, 2.05) is 30.3 Å². The maximum Gasteiger partial charge on any atom is 0.255 e. The molecule has 1 aliphatic rings. The van der Waals surface area contributed by atoms with Gasteiger partial charge in [0.15, 0.2) is 11.5 Å². The molecule has 0 atom stereocenters. The van der Waals surface area contributed by atoms with E-state index in [2.05, 4.69) is 10.5 Å². The molecule has 35 heavy (non-hydrogen) atoms. The molecular weight excluding hydrogens is 470 g/mol. The summed E-state index contributed by atoms with van der Waals surface area (Å²) in [5.74, 6) is 0.210. The summed E-state index contributed by atoms with van der Waals surface area (Å²) >= 11 is 0. The van der Waals surface area contributed by atoms with Gasteiger partial charge in [0, 0.05) is 18.2 Å². The van der Waals surface area contributed by atoms with E-state index in [-0.39, 0.29) is 17.2 Å². The van der Waals surface area contributed by atoms with Gasteiger partial charge < -0.3 is 14.6 Å². The van der Waals surface area contributed by atoms with Crippen LogP contribution in [0.15, 0.2) is 82.8 Å². The number of nitrogens with one attached hydrogen (secondary N) is 1. The molecule has 0 fully saturated rings. The molecular formula is C25H25N3O6S. The van der Waals surface area contributed by atoms with E-state index >= 15 is 0 Å². The third kappa shape index (κ3) is 6.17. The van der Waals surface area contributed by atoms with Crippen molar-refractivity contribution in [2.24, 2.45) is 5.10 Å². The van der Waals surface area contributed by atoms with Gasteiger partial charge in [-0.3, -0.25) is 4.79 Å². The zero-order chi connectivity index (χ0) is 24.7. The Bertz CT molecular complexity index is 1310. The summed E-state index contributed by atoms with van der Waals surface area (Å²) < 4.78 is 39.1. The van der Waals surface area contributed by atoms with Crippen LogP contribution in [0, 0.1) is 0 Å². The highest BCUT2D eigenvalue weighted by Gasteiger charge is 2.28. The molecule has 2 N–H and O–H groups in total. The zero-order valence-electron chi connectivity index (χ0n) is 18.8. The number of sulfonamides is 1. The molecule has 1 amide bonds. The predicted octanol–water partition coefficient (Wildman–Crippen LogP) is 2.55. The smallest absolute Gasteiger partial charge is 0.255 e. The number of hydrogen-bond acceptors (Lipinski definition) is 7. The van der Waals surface area contributed by atoms with Crippen molar-refractivity contribution in [1.29, 1.82) is 0 Å². The van der Waals surface area contributed by atoms with Gasteiger partial charge in [0.05, 0.1) is 17.7 Å². The molecule has 0 spiro atoms. The number of benzene rings is 3. The van der Waals surface area contributed by atoms with Crippen LogP contribution < -0.4 is 14.9 Å². The van der Waals surface area contributed by atoms with E-state index in [4.69, 9.17) is 9.47 Å². The van der Waals surface area contributed by atoms with Crippen molar-refractivity contribution in [2.75, 3.05) is 26.3 Å². The molecule has 0 saturated carbocycles. The lowest BCUT2D eigenvalue weighted by molar-refractivity contribution is -0.121. The minimum atomic E-state index is -4.04. The normalized spacial score (nSPS) is 13.2. The molecule has 0 unspecified atom stereocenters. The molecule has 10 heteroatoms. The van der Waals surface area contributed by atoms with E-state index in [9.17, 15) is 18.3 Å². The Balaban J connectivity index is 1.52. The van der Waals surface area contributed by atoms with Crippen molar-refractivity contribution in [2.45, 2.75) is 11.3 Å². The Morgan fingerprint density at radius 3 is 2.49 bits per heavy atom. The highest BCUT2D eigenvalue weighted by atomic mass is 32.2. The van der Waals surface area contributed by atoms with Crippen molar-refractivity contribution in [1.82, 2.24) is 9.73 Å². The van der Waals surface area contributed by atoms with Gasteiger partial charge in [-0.25, -0.2) is 13.8 Å². The van der Waals surface area contributed by atoms with Crippen LogP contribution >= 0.6 is 0 Å². The Labute approximate surface area is 203 Å². The Hall–Kier alpha value is -3.89. The lowest BCUT2D eigenvalue weighted by Crippen LogP contribution is -2.40. The number of fused-ring (bicyclic) bond motifs is 1. The summed E-state index contributed by atoms with van der Waals surface area (Å²) in [5, 5.41) is 13.6. The SMILES string of the molecule is O=C(CN(CCc1ccccc1)S(=O)(=O)c1ccc2c(c1)OCCO2)N/N=C/c1ccccc1O. The molecule has 0 aliphatic carbocycles. The van der Waals surface area contributed by atoms with E-state index in [0.29, 0.717) is 36.7 Å². The average Bonchev–Trinajstić information content (AvgIpc) is 2.88. The van der Waals surface area contributed by atoms with Gasteiger partial charge in [0.1, 0.15) is 19.0 Å². The van der Waals surface area contributed by atoms with Crippen LogP contribution in [-0.4, -0.2) is 56.3 Å². The molecule has 9 nitrogen and oxygen atoms in total. The molecule has 0 bridgehead atoms. The first-order chi connectivity index (χ1) is 16.9. The number of carbonyl (C=O) groups excluding carboxylic acids is 1. The first-order valence-electron chi connectivity index (χ1n) is 11.0. The van der Waals surface area contributed by atoms with Crippen LogP contribution in [0.5, 0.6) is 17.2 Å². The molecule has 182 valence electrons. The number of phenols is 1. The summed E-state index contributed by atoms with van der Waals surface area (Å²) in [4.78, 5) is 12.6. The monoisotopic (exact) mass is 495 g/mol. The van der Waals surface area contributed by atoms with Crippen LogP contribution in [0.4, 0.5) is 0 Å². The molecule has 1 heterocycles.